The van der Waals surface area contributed by atoms with E-state index < -0.39 is 0 Å². The Labute approximate surface area is 159 Å². The number of amides is 2. The highest BCUT2D eigenvalue weighted by molar-refractivity contribution is 5.75. The average molecular weight is 370 g/mol. The van der Waals surface area contributed by atoms with Crippen LogP contribution in [-0.2, 0) is 13.5 Å². The zero-order valence-corrected chi connectivity index (χ0v) is 15.8. The van der Waals surface area contributed by atoms with E-state index in [1.807, 2.05) is 36.1 Å². The predicted molar refractivity (Wildman–Crippen MR) is 101 cm³/mol. The van der Waals surface area contributed by atoms with Crippen LogP contribution in [-0.4, -0.2) is 29.0 Å². The van der Waals surface area contributed by atoms with Crippen molar-refractivity contribution in [2.75, 3.05) is 13.2 Å². The SMILES string of the molecule is CC[C@@H](NC(=O)N[C@@H]1CCCc2c1cnn2C)c1ccc2c(c1)OCCO2. The molecule has 7 nitrogen and oxygen atoms in total. The Bertz CT molecular complexity index is 833. The molecule has 1 aliphatic heterocycles. The Balaban J connectivity index is 1.44. The number of fused-ring (bicyclic) bond motifs is 2. The molecule has 2 aromatic rings. The summed E-state index contributed by atoms with van der Waals surface area (Å²) >= 11 is 0. The van der Waals surface area contributed by atoms with Gasteiger partial charge in [0.2, 0.25) is 0 Å². The van der Waals surface area contributed by atoms with E-state index in [1.54, 1.807) is 0 Å². The van der Waals surface area contributed by atoms with E-state index >= 15 is 0 Å². The van der Waals surface area contributed by atoms with Gasteiger partial charge in [0, 0.05) is 18.3 Å². The van der Waals surface area contributed by atoms with Gasteiger partial charge in [-0.15, -0.1) is 0 Å². The zero-order chi connectivity index (χ0) is 18.8. The Morgan fingerprint density at radius 1 is 1.33 bits per heavy atom. The summed E-state index contributed by atoms with van der Waals surface area (Å²) in [5, 5.41) is 10.6. The number of urea groups is 1. The molecule has 27 heavy (non-hydrogen) atoms. The van der Waals surface area contributed by atoms with Gasteiger partial charge in [0.1, 0.15) is 13.2 Å². The fraction of sp³-hybridized carbons (Fsp3) is 0.500. The van der Waals surface area contributed by atoms with Crippen LogP contribution < -0.4 is 20.1 Å². The fourth-order valence-corrected chi connectivity index (χ4v) is 3.91. The topological polar surface area (TPSA) is 77.4 Å². The van der Waals surface area contributed by atoms with Crippen molar-refractivity contribution in [3.05, 3.63) is 41.2 Å². The summed E-state index contributed by atoms with van der Waals surface area (Å²) in [5.74, 6) is 1.50. The third kappa shape index (κ3) is 3.59. The quantitative estimate of drug-likeness (QED) is 0.867. The van der Waals surface area contributed by atoms with Crippen LogP contribution in [0, 0.1) is 0 Å². The molecule has 2 heterocycles. The van der Waals surface area contributed by atoms with Gasteiger partial charge in [0.05, 0.1) is 18.3 Å². The first-order chi connectivity index (χ1) is 13.2. The number of benzene rings is 1. The number of carbonyl (C=O) groups excluding carboxylic acids is 1. The van der Waals surface area contributed by atoms with E-state index in [0.29, 0.717) is 13.2 Å². The lowest BCUT2D eigenvalue weighted by atomic mass is 9.93. The van der Waals surface area contributed by atoms with Crippen LogP contribution in [0.1, 0.15) is 55.1 Å². The number of hydrogen-bond acceptors (Lipinski definition) is 4. The fourth-order valence-electron chi connectivity index (χ4n) is 3.91. The van der Waals surface area contributed by atoms with Crippen molar-refractivity contribution in [2.24, 2.45) is 7.05 Å². The molecule has 2 atom stereocenters. The van der Waals surface area contributed by atoms with E-state index in [4.69, 9.17) is 9.47 Å². The number of aryl methyl sites for hydroxylation is 1. The maximum Gasteiger partial charge on any atom is 0.315 e. The Morgan fingerprint density at radius 2 is 2.15 bits per heavy atom. The minimum absolute atomic E-state index is 0.0141. The summed E-state index contributed by atoms with van der Waals surface area (Å²) in [5.41, 5.74) is 3.36. The van der Waals surface area contributed by atoms with Crippen molar-refractivity contribution in [2.45, 2.75) is 44.7 Å². The van der Waals surface area contributed by atoms with Crippen LogP contribution in [0.2, 0.25) is 0 Å². The first-order valence-corrected chi connectivity index (χ1v) is 9.63. The molecule has 7 heteroatoms. The van der Waals surface area contributed by atoms with Crippen molar-refractivity contribution < 1.29 is 14.3 Å². The molecule has 144 valence electrons. The van der Waals surface area contributed by atoms with Gasteiger partial charge in [-0.25, -0.2) is 4.79 Å². The highest BCUT2D eigenvalue weighted by Gasteiger charge is 2.25. The zero-order valence-electron chi connectivity index (χ0n) is 15.8. The van der Waals surface area contributed by atoms with Crippen LogP contribution in [0.4, 0.5) is 4.79 Å². The molecule has 2 N–H and O–H groups in total. The van der Waals surface area contributed by atoms with Crippen LogP contribution in [0.25, 0.3) is 0 Å². The van der Waals surface area contributed by atoms with E-state index in [2.05, 4.69) is 22.7 Å². The molecule has 4 rings (SSSR count). The van der Waals surface area contributed by atoms with Crippen molar-refractivity contribution >= 4 is 6.03 Å². The van der Waals surface area contributed by atoms with Gasteiger partial charge >= 0.3 is 6.03 Å². The largest absolute Gasteiger partial charge is 0.486 e. The minimum atomic E-state index is -0.154. The molecule has 0 saturated carbocycles. The number of ether oxygens (including phenoxy) is 2. The van der Waals surface area contributed by atoms with Crippen LogP contribution in [0.15, 0.2) is 24.4 Å². The molecule has 0 saturated heterocycles. The summed E-state index contributed by atoms with van der Waals surface area (Å²) in [6.07, 6.45) is 5.66. The smallest absolute Gasteiger partial charge is 0.315 e. The lowest BCUT2D eigenvalue weighted by Crippen LogP contribution is -2.40. The standard InChI is InChI=1S/C20H26N4O3/c1-3-15(13-7-8-18-19(11-13)27-10-9-26-18)22-20(25)23-16-5-4-6-17-14(16)12-21-24(17)2/h7-8,11-12,15-16H,3-6,9-10H2,1-2H3,(H2,22,23,25)/t15-,16-/m1/s1. The highest BCUT2D eigenvalue weighted by Crippen LogP contribution is 2.33. The van der Waals surface area contributed by atoms with Crippen LogP contribution >= 0.6 is 0 Å². The second-order valence-electron chi connectivity index (χ2n) is 7.10. The van der Waals surface area contributed by atoms with Gasteiger partial charge in [-0.3, -0.25) is 4.68 Å². The van der Waals surface area contributed by atoms with Gasteiger partial charge in [-0.2, -0.15) is 5.10 Å². The lowest BCUT2D eigenvalue weighted by molar-refractivity contribution is 0.171. The molecule has 0 fully saturated rings. The molecular weight excluding hydrogens is 344 g/mol. The molecule has 1 aromatic heterocycles. The van der Waals surface area contributed by atoms with E-state index in [1.165, 1.54) is 5.69 Å². The van der Waals surface area contributed by atoms with Gasteiger partial charge in [0.15, 0.2) is 11.5 Å². The van der Waals surface area contributed by atoms with Crippen LogP contribution in [0.5, 0.6) is 11.5 Å². The van der Waals surface area contributed by atoms with Gasteiger partial charge in [-0.05, 0) is 43.4 Å². The van der Waals surface area contributed by atoms with E-state index in [9.17, 15) is 4.79 Å². The van der Waals surface area contributed by atoms with Gasteiger partial charge in [-0.1, -0.05) is 13.0 Å². The molecule has 1 aromatic carbocycles. The number of nitrogens with one attached hydrogen (secondary N) is 2. The molecule has 0 radical (unpaired) electrons. The summed E-state index contributed by atoms with van der Waals surface area (Å²) in [6.45, 7) is 3.18. The maximum absolute atomic E-state index is 12.7. The van der Waals surface area contributed by atoms with Gasteiger partial charge in [0.25, 0.3) is 0 Å². The van der Waals surface area contributed by atoms with Crippen LogP contribution in [0.3, 0.4) is 0 Å². The second kappa shape index (κ2) is 7.50. The highest BCUT2D eigenvalue weighted by atomic mass is 16.6. The van der Waals surface area contributed by atoms with Crippen molar-refractivity contribution in [1.29, 1.82) is 0 Å². The predicted octanol–water partition coefficient (Wildman–Crippen LogP) is 3.02. The molecule has 0 unspecified atom stereocenters. The summed E-state index contributed by atoms with van der Waals surface area (Å²) in [4.78, 5) is 12.7. The molecular formula is C20H26N4O3. The molecule has 1 aliphatic carbocycles. The average Bonchev–Trinajstić information content (AvgIpc) is 3.08. The van der Waals surface area contributed by atoms with Crippen molar-refractivity contribution in [3.8, 4) is 11.5 Å². The van der Waals surface area contributed by atoms with Crippen molar-refractivity contribution in [3.63, 3.8) is 0 Å². The first kappa shape index (κ1) is 17.7. The Morgan fingerprint density at radius 3 is 2.96 bits per heavy atom. The third-order valence-electron chi connectivity index (χ3n) is 5.36. The second-order valence-corrected chi connectivity index (χ2v) is 7.10. The summed E-state index contributed by atoms with van der Waals surface area (Å²) < 4.78 is 13.1. The number of aromatic nitrogens is 2. The summed E-state index contributed by atoms with van der Waals surface area (Å²) in [6, 6.07) is 5.64. The minimum Gasteiger partial charge on any atom is -0.486 e. The molecule has 0 spiro atoms. The maximum atomic E-state index is 12.7. The first-order valence-electron chi connectivity index (χ1n) is 9.63. The monoisotopic (exact) mass is 370 g/mol. The number of nitrogens with zero attached hydrogens (tertiary/aromatic N) is 2. The lowest BCUT2D eigenvalue weighted by Gasteiger charge is -2.26. The van der Waals surface area contributed by atoms with E-state index in [0.717, 1.165) is 48.3 Å². The van der Waals surface area contributed by atoms with Crippen molar-refractivity contribution in [1.82, 2.24) is 20.4 Å². The van der Waals surface area contributed by atoms with E-state index in [-0.39, 0.29) is 18.1 Å². The number of hydrogen-bond donors (Lipinski definition) is 2. The Kier molecular flexibility index (Phi) is 4.92. The summed E-state index contributed by atoms with van der Waals surface area (Å²) in [7, 11) is 1.95. The molecule has 2 amide bonds. The molecule has 2 aliphatic rings. The Hall–Kier alpha value is -2.70. The molecule has 0 bridgehead atoms. The number of carbonyl (C=O) groups is 1. The van der Waals surface area contributed by atoms with Gasteiger partial charge < -0.3 is 20.1 Å². The number of rotatable bonds is 4. The normalized spacial score (nSPS) is 19.1. The third-order valence-corrected chi connectivity index (χ3v) is 5.36.